The first kappa shape index (κ1) is 21.5. The highest BCUT2D eigenvalue weighted by atomic mass is 35.5. The van der Waals surface area contributed by atoms with Gasteiger partial charge in [-0.3, -0.25) is 4.79 Å². The minimum Gasteiger partial charge on any atom is -0.338 e. The van der Waals surface area contributed by atoms with E-state index in [0.29, 0.717) is 23.6 Å². The van der Waals surface area contributed by atoms with Gasteiger partial charge in [-0.25, -0.2) is 0 Å². The Kier molecular flexibility index (Phi) is 5.85. The Labute approximate surface area is 168 Å². The van der Waals surface area contributed by atoms with Crippen molar-refractivity contribution in [3.8, 4) is 0 Å². The Balaban J connectivity index is 1.89. The van der Waals surface area contributed by atoms with Gasteiger partial charge in [0, 0.05) is 29.6 Å². The maximum Gasteiger partial charge on any atom is 0.416 e. The zero-order valence-electron chi connectivity index (χ0n) is 14.9. The summed E-state index contributed by atoms with van der Waals surface area (Å²) in [4.78, 5) is 14.1. The average molecular weight is 436 g/mol. The summed E-state index contributed by atoms with van der Waals surface area (Å²) in [7, 11) is 0. The van der Waals surface area contributed by atoms with Gasteiger partial charge in [0.05, 0.1) is 11.1 Å². The first-order valence-corrected chi connectivity index (χ1v) is 9.17. The molecule has 0 spiro atoms. The third-order valence-electron chi connectivity index (χ3n) is 4.88. The lowest BCUT2D eigenvalue weighted by molar-refractivity contribution is -0.143. The van der Waals surface area contributed by atoms with E-state index in [1.54, 1.807) is 24.3 Å². The number of amides is 1. The van der Waals surface area contributed by atoms with Gasteiger partial charge in [0.15, 0.2) is 0 Å². The zero-order valence-corrected chi connectivity index (χ0v) is 15.7. The molecule has 29 heavy (non-hydrogen) atoms. The van der Waals surface area contributed by atoms with Gasteiger partial charge in [0.25, 0.3) is 5.91 Å². The molecule has 0 bridgehead atoms. The largest absolute Gasteiger partial charge is 0.416 e. The van der Waals surface area contributed by atoms with Crippen molar-refractivity contribution in [2.24, 2.45) is 0 Å². The van der Waals surface area contributed by atoms with Gasteiger partial charge in [-0.15, -0.1) is 0 Å². The molecule has 0 aromatic heterocycles. The van der Waals surface area contributed by atoms with E-state index in [2.05, 4.69) is 0 Å². The topological polar surface area (TPSA) is 20.3 Å². The molecular formula is C20H16ClF6NO. The monoisotopic (exact) mass is 435 g/mol. The Morgan fingerprint density at radius 3 is 2.00 bits per heavy atom. The quantitative estimate of drug-likeness (QED) is 0.500. The molecular weight excluding hydrogens is 420 g/mol. The third kappa shape index (κ3) is 5.04. The van der Waals surface area contributed by atoms with Gasteiger partial charge in [-0.05, 0) is 48.7 Å². The number of piperidine rings is 1. The van der Waals surface area contributed by atoms with Crippen molar-refractivity contribution in [3.05, 3.63) is 69.7 Å². The van der Waals surface area contributed by atoms with Crippen LogP contribution in [-0.4, -0.2) is 23.9 Å². The lowest BCUT2D eigenvalue weighted by atomic mass is 9.90. The number of carbonyl (C=O) groups excluding carboxylic acids is 1. The van der Waals surface area contributed by atoms with Crippen molar-refractivity contribution in [1.82, 2.24) is 4.90 Å². The van der Waals surface area contributed by atoms with E-state index in [0.717, 1.165) is 12.0 Å². The van der Waals surface area contributed by atoms with Crippen molar-refractivity contribution in [2.45, 2.75) is 31.1 Å². The number of likely N-dealkylation sites (tertiary alicyclic amines) is 1. The van der Waals surface area contributed by atoms with Crippen LogP contribution in [0.5, 0.6) is 0 Å². The molecule has 0 saturated carbocycles. The standard InChI is InChI=1S/C20H16ClF6NO/c21-17-5-3-12(4-6-17)13-2-1-7-28(11-13)18(29)14-8-15(19(22,23)24)10-16(9-14)20(25,26)27/h3-6,8-10,13H,1-2,7,11H2. The van der Waals surface area contributed by atoms with Crippen LogP contribution < -0.4 is 0 Å². The van der Waals surface area contributed by atoms with Crippen molar-refractivity contribution < 1.29 is 31.1 Å². The van der Waals surface area contributed by atoms with Gasteiger partial charge >= 0.3 is 12.4 Å². The summed E-state index contributed by atoms with van der Waals surface area (Å²) in [5, 5.41) is 0.543. The summed E-state index contributed by atoms with van der Waals surface area (Å²) in [6.45, 7) is 0.471. The zero-order chi connectivity index (χ0) is 21.4. The van der Waals surface area contributed by atoms with Gasteiger partial charge in [0.1, 0.15) is 0 Å². The number of benzene rings is 2. The van der Waals surface area contributed by atoms with E-state index < -0.39 is 35.0 Å². The molecule has 2 aromatic rings. The predicted octanol–water partition coefficient (Wildman–Crippen LogP) is 6.40. The van der Waals surface area contributed by atoms with Crippen LogP contribution in [-0.2, 0) is 12.4 Å². The third-order valence-corrected chi connectivity index (χ3v) is 5.14. The first-order valence-electron chi connectivity index (χ1n) is 8.79. The van der Waals surface area contributed by atoms with Gasteiger partial charge in [0.2, 0.25) is 0 Å². The van der Waals surface area contributed by atoms with E-state index in [9.17, 15) is 31.1 Å². The van der Waals surface area contributed by atoms with Crippen molar-refractivity contribution >= 4 is 17.5 Å². The second-order valence-electron chi connectivity index (χ2n) is 6.94. The van der Waals surface area contributed by atoms with Crippen molar-refractivity contribution in [2.75, 3.05) is 13.1 Å². The summed E-state index contributed by atoms with van der Waals surface area (Å²) < 4.78 is 78.3. The molecule has 2 nitrogen and oxygen atoms in total. The molecule has 2 aromatic carbocycles. The molecule has 0 N–H and O–H groups in total. The van der Waals surface area contributed by atoms with E-state index in [-0.39, 0.29) is 25.1 Å². The van der Waals surface area contributed by atoms with Crippen molar-refractivity contribution in [1.29, 1.82) is 0 Å². The number of carbonyl (C=O) groups is 1. The van der Waals surface area contributed by atoms with Gasteiger partial charge in [-0.1, -0.05) is 23.7 Å². The summed E-state index contributed by atoms with van der Waals surface area (Å²) in [6, 6.07) is 7.95. The van der Waals surface area contributed by atoms with Crippen LogP contribution >= 0.6 is 11.6 Å². The fourth-order valence-corrected chi connectivity index (χ4v) is 3.56. The summed E-state index contributed by atoms with van der Waals surface area (Å²) in [5.74, 6) is -0.918. The maximum absolute atomic E-state index is 13.1. The highest BCUT2D eigenvalue weighted by Crippen LogP contribution is 2.37. The molecule has 1 heterocycles. The fraction of sp³-hybridized carbons (Fsp3) is 0.350. The van der Waals surface area contributed by atoms with Gasteiger partial charge in [-0.2, -0.15) is 26.3 Å². The van der Waals surface area contributed by atoms with Crippen molar-refractivity contribution in [3.63, 3.8) is 0 Å². The summed E-state index contributed by atoms with van der Waals surface area (Å²) >= 11 is 5.86. The van der Waals surface area contributed by atoms with E-state index in [4.69, 9.17) is 11.6 Å². The van der Waals surface area contributed by atoms with Gasteiger partial charge < -0.3 is 4.90 Å². The Bertz CT molecular complexity index is 859. The number of alkyl halides is 6. The first-order chi connectivity index (χ1) is 13.4. The Morgan fingerprint density at radius 2 is 1.48 bits per heavy atom. The molecule has 156 valence electrons. The molecule has 0 aliphatic carbocycles. The van der Waals surface area contributed by atoms with E-state index >= 15 is 0 Å². The van der Waals surface area contributed by atoms with Crippen LogP contribution in [0.25, 0.3) is 0 Å². The van der Waals surface area contributed by atoms with Crippen LogP contribution in [0.15, 0.2) is 42.5 Å². The lowest BCUT2D eigenvalue weighted by Crippen LogP contribution is -2.39. The maximum atomic E-state index is 13.1. The smallest absolute Gasteiger partial charge is 0.338 e. The molecule has 0 radical (unpaired) electrons. The molecule has 1 fully saturated rings. The SMILES string of the molecule is O=C(c1cc(C(F)(F)F)cc(C(F)(F)F)c1)N1CCCC(c2ccc(Cl)cc2)C1. The fourth-order valence-electron chi connectivity index (χ4n) is 3.43. The van der Waals surface area contributed by atoms with Crippen LogP contribution in [0.2, 0.25) is 5.02 Å². The van der Waals surface area contributed by atoms with Crippen LogP contribution in [0.1, 0.15) is 45.8 Å². The van der Waals surface area contributed by atoms with E-state index in [1.807, 2.05) is 0 Å². The molecule has 9 heteroatoms. The predicted molar refractivity (Wildman–Crippen MR) is 95.8 cm³/mol. The van der Waals surface area contributed by atoms with Crippen LogP contribution in [0.3, 0.4) is 0 Å². The molecule has 1 saturated heterocycles. The van der Waals surface area contributed by atoms with E-state index in [1.165, 1.54) is 4.90 Å². The molecule has 1 unspecified atom stereocenters. The molecule has 1 aliphatic heterocycles. The highest BCUT2D eigenvalue weighted by molar-refractivity contribution is 6.30. The average Bonchev–Trinajstić information content (AvgIpc) is 2.66. The lowest BCUT2D eigenvalue weighted by Gasteiger charge is -2.33. The molecule has 3 rings (SSSR count). The second kappa shape index (κ2) is 7.89. The summed E-state index contributed by atoms with van der Waals surface area (Å²) in [6.07, 6.45) is -8.65. The highest BCUT2D eigenvalue weighted by Gasteiger charge is 2.38. The minimum atomic E-state index is -5.00. The molecule has 1 atom stereocenters. The number of nitrogens with zero attached hydrogens (tertiary/aromatic N) is 1. The second-order valence-corrected chi connectivity index (χ2v) is 7.37. The Hall–Kier alpha value is -2.22. The number of hydrogen-bond acceptors (Lipinski definition) is 1. The molecule has 1 aliphatic rings. The number of hydrogen-bond donors (Lipinski definition) is 0. The number of rotatable bonds is 2. The summed E-state index contributed by atoms with van der Waals surface area (Å²) in [5.41, 5.74) is -2.71. The minimum absolute atomic E-state index is 0.0174. The molecule has 1 amide bonds. The number of halogens is 7. The normalized spacial score (nSPS) is 18.0. The van der Waals surface area contributed by atoms with Crippen LogP contribution in [0.4, 0.5) is 26.3 Å². The Morgan fingerprint density at radius 1 is 0.931 bits per heavy atom. The van der Waals surface area contributed by atoms with Crippen LogP contribution in [0, 0.1) is 0 Å².